The Morgan fingerprint density at radius 1 is 0.957 bits per heavy atom. The Kier molecular flexibility index (Phi) is 6.10. The van der Waals surface area contributed by atoms with Crippen molar-refractivity contribution in [1.29, 1.82) is 0 Å². The summed E-state index contributed by atoms with van der Waals surface area (Å²) in [7, 11) is 0. The molecular formula is C20H23NO2. The van der Waals surface area contributed by atoms with E-state index in [-0.39, 0.29) is 30.6 Å². The number of carbonyl (C=O) groups excluding carboxylic acids is 2. The van der Waals surface area contributed by atoms with Crippen LogP contribution in [0.1, 0.15) is 53.7 Å². The van der Waals surface area contributed by atoms with Crippen molar-refractivity contribution in [1.82, 2.24) is 5.32 Å². The van der Waals surface area contributed by atoms with Gasteiger partial charge in [-0.2, -0.15) is 0 Å². The number of carbonyl (C=O) groups is 2. The topological polar surface area (TPSA) is 46.2 Å². The zero-order chi connectivity index (χ0) is 16.7. The number of Topliss-reactive ketones (excluding diaryl/α,β-unsaturated/α-hetero) is 1. The fourth-order valence-corrected chi connectivity index (χ4v) is 2.48. The normalized spacial score (nSPS) is 11.7. The molecule has 0 aliphatic heterocycles. The van der Waals surface area contributed by atoms with Gasteiger partial charge in [0.05, 0.1) is 6.04 Å². The highest BCUT2D eigenvalue weighted by Gasteiger charge is 2.14. The first-order valence-electron chi connectivity index (χ1n) is 8.04. The highest BCUT2D eigenvalue weighted by molar-refractivity contribution is 5.97. The van der Waals surface area contributed by atoms with E-state index >= 15 is 0 Å². The summed E-state index contributed by atoms with van der Waals surface area (Å²) in [5.41, 5.74) is 2.95. The number of hydrogen-bond donors (Lipinski definition) is 1. The minimum absolute atomic E-state index is 0.00383. The molecule has 0 saturated carbocycles. The summed E-state index contributed by atoms with van der Waals surface area (Å²) in [6, 6.07) is 17.3. The third-order valence-electron chi connectivity index (χ3n) is 3.90. The smallest absolute Gasteiger partial charge is 0.220 e. The maximum atomic E-state index is 12.1. The molecule has 3 heteroatoms. The van der Waals surface area contributed by atoms with E-state index in [9.17, 15) is 9.59 Å². The van der Waals surface area contributed by atoms with Crippen LogP contribution in [-0.2, 0) is 4.79 Å². The van der Waals surface area contributed by atoms with Gasteiger partial charge >= 0.3 is 0 Å². The number of amides is 1. The predicted octanol–water partition coefficient (Wildman–Crippen LogP) is 4.23. The summed E-state index contributed by atoms with van der Waals surface area (Å²) >= 11 is 0. The maximum absolute atomic E-state index is 12.1. The molecule has 0 saturated heterocycles. The van der Waals surface area contributed by atoms with Crippen LogP contribution in [0.25, 0.3) is 0 Å². The Balaban J connectivity index is 1.88. The van der Waals surface area contributed by atoms with Crippen LogP contribution in [0.5, 0.6) is 0 Å². The lowest BCUT2D eigenvalue weighted by molar-refractivity contribution is -0.121. The van der Waals surface area contributed by atoms with Gasteiger partial charge in [-0.25, -0.2) is 0 Å². The summed E-state index contributed by atoms with van der Waals surface area (Å²) in [4.78, 5) is 24.2. The molecule has 1 N–H and O–H groups in total. The Labute approximate surface area is 137 Å². The van der Waals surface area contributed by atoms with Crippen molar-refractivity contribution in [3.63, 3.8) is 0 Å². The van der Waals surface area contributed by atoms with Gasteiger partial charge in [0.25, 0.3) is 0 Å². The lowest BCUT2D eigenvalue weighted by Gasteiger charge is -2.17. The summed E-state index contributed by atoms with van der Waals surface area (Å²) in [5, 5.41) is 3.02. The Hall–Kier alpha value is -2.42. The van der Waals surface area contributed by atoms with Crippen molar-refractivity contribution >= 4 is 11.7 Å². The SMILES string of the molecule is CC[C@H](NC(=O)CCC(=O)c1ccccc1)c1ccc(C)cc1. The first-order valence-corrected chi connectivity index (χ1v) is 8.04. The van der Waals surface area contributed by atoms with Crippen molar-refractivity contribution < 1.29 is 9.59 Å². The first kappa shape index (κ1) is 16.9. The molecule has 0 unspecified atom stereocenters. The molecule has 0 bridgehead atoms. The summed E-state index contributed by atoms with van der Waals surface area (Å²) in [6.45, 7) is 4.08. The van der Waals surface area contributed by atoms with Crippen molar-refractivity contribution in [2.45, 2.75) is 39.2 Å². The van der Waals surface area contributed by atoms with E-state index in [2.05, 4.69) is 5.32 Å². The molecule has 0 aliphatic carbocycles. The standard InChI is InChI=1S/C20H23NO2/c1-3-18(16-11-9-15(2)10-12-16)21-20(23)14-13-19(22)17-7-5-4-6-8-17/h4-12,18H,3,13-14H2,1-2H3,(H,21,23)/t18-/m0/s1. The summed E-state index contributed by atoms with van der Waals surface area (Å²) in [5.74, 6) is -0.0779. The molecule has 23 heavy (non-hydrogen) atoms. The monoisotopic (exact) mass is 309 g/mol. The van der Waals surface area contributed by atoms with Crippen molar-refractivity contribution in [2.75, 3.05) is 0 Å². The number of ketones is 1. The molecule has 0 aromatic heterocycles. The van der Waals surface area contributed by atoms with Crippen LogP contribution in [0.4, 0.5) is 0 Å². The van der Waals surface area contributed by atoms with Crippen LogP contribution in [-0.4, -0.2) is 11.7 Å². The fraction of sp³-hybridized carbons (Fsp3) is 0.300. The van der Waals surface area contributed by atoms with E-state index in [1.54, 1.807) is 12.1 Å². The van der Waals surface area contributed by atoms with Gasteiger partial charge in [0.15, 0.2) is 5.78 Å². The van der Waals surface area contributed by atoms with Gasteiger partial charge < -0.3 is 5.32 Å². The van der Waals surface area contributed by atoms with E-state index in [1.807, 2.05) is 56.3 Å². The molecule has 0 aliphatic rings. The van der Waals surface area contributed by atoms with Gasteiger partial charge in [-0.3, -0.25) is 9.59 Å². The molecule has 0 spiro atoms. The molecule has 0 heterocycles. The second-order valence-electron chi connectivity index (χ2n) is 5.73. The average Bonchev–Trinajstić information content (AvgIpc) is 2.59. The van der Waals surface area contributed by atoms with Crippen molar-refractivity contribution in [3.05, 3.63) is 71.3 Å². The molecule has 0 radical (unpaired) electrons. The van der Waals surface area contributed by atoms with Crippen molar-refractivity contribution in [3.8, 4) is 0 Å². The second kappa shape index (κ2) is 8.28. The zero-order valence-electron chi connectivity index (χ0n) is 13.7. The molecule has 3 nitrogen and oxygen atoms in total. The van der Waals surface area contributed by atoms with Gasteiger partial charge in [0, 0.05) is 18.4 Å². The lowest BCUT2D eigenvalue weighted by atomic mass is 10.0. The predicted molar refractivity (Wildman–Crippen MR) is 92.4 cm³/mol. The molecular weight excluding hydrogens is 286 g/mol. The van der Waals surface area contributed by atoms with E-state index < -0.39 is 0 Å². The van der Waals surface area contributed by atoms with E-state index in [1.165, 1.54) is 5.56 Å². The number of rotatable bonds is 7. The molecule has 1 atom stereocenters. The highest BCUT2D eigenvalue weighted by Crippen LogP contribution is 2.17. The first-order chi connectivity index (χ1) is 11.1. The van der Waals surface area contributed by atoms with Gasteiger partial charge in [-0.05, 0) is 18.9 Å². The Morgan fingerprint density at radius 2 is 1.61 bits per heavy atom. The summed E-state index contributed by atoms with van der Waals surface area (Å²) < 4.78 is 0. The molecule has 120 valence electrons. The second-order valence-corrected chi connectivity index (χ2v) is 5.73. The minimum atomic E-state index is -0.0818. The Morgan fingerprint density at radius 3 is 2.22 bits per heavy atom. The largest absolute Gasteiger partial charge is 0.349 e. The third kappa shape index (κ3) is 5.06. The van der Waals surface area contributed by atoms with Gasteiger partial charge in [-0.15, -0.1) is 0 Å². The average molecular weight is 309 g/mol. The van der Waals surface area contributed by atoms with E-state index in [4.69, 9.17) is 0 Å². The van der Waals surface area contributed by atoms with Gasteiger partial charge in [0.2, 0.25) is 5.91 Å². The quantitative estimate of drug-likeness (QED) is 0.778. The molecule has 0 fully saturated rings. The van der Waals surface area contributed by atoms with Crippen LogP contribution in [0.2, 0.25) is 0 Å². The molecule has 2 rings (SSSR count). The van der Waals surface area contributed by atoms with Crippen LogP contribution in [0.15, 0.2) is 54.6 Å². The molecule has 2 aromatic rings. The van der Waals surface area contributed by atoms with E-state index in [0.29, 0.717) is 5.56 Å². The number of aryl methyl sites for hydroxylation is 1. The molecule has 1 amide bonds. The minimum Gasteiger partial charge on any atom is -0.349 e. The van der Waals surface area contributed by atoms with Crippen LogP contribution in [0.3, 0.4) is 0 Å². The molecule has 2 aromatic carbocycles. The fourth-order valence-electron chi connectivity index (χ4n) is 2.48. The lowest BCUT2D eigenvalue weighted by Crippen LogP contribution is -2.28. The number of nitrogens with one attached hydrogen (secondary N) is 1. The van der Waals surface area contributed by atoms with Gasteiger partial charge in [0.1, 0.15) is 0 Å². The highest BCUT2D eigenvalue weighted by atomic mass is 16.2. The van der Waals surface area contributed by atoms with Crippen molar-refractivity contribution in [2.24, 2.45) is 0 Å². The number of hydrogen-bond acceptors (Lipinski definition) is 2. The zero-order valence-corrected chi connectivity index (χ0v) is 13.7. The maximum Gasteiger partial charge on any atom is 0.220 e. The van der Waals surface area contributed by atoms with E-state index in [0.717, 1.165) is 12.0 Å². The Bertz CT molecular complexity index is 647. The third-order valence-corrected chi connectivity index (χ3v) is 3.90. The number of benzene rings is 2. The van der Waals surface area contributed by atoms with Gasteiger partial charge in [-0.1, -0.05) is 67.1 Å². The summed E-state index contributed by atoms with van der Waals surface area (Å²) in [6.07, 6.45) is 1.28. The van der Waals surface area contributed by atoms with Crippen LogP contribution < -0.4 is 5.32 Å². The van der Waals surface area contributed by atoms with Crippen LogP contribution in [0, 0.1) is 6.92 Å². The van der Waals surface area contributed by atoms with Crippen LogP contribution >= 0.6 is 0 Å².